The van der Waals surface area contributed by atoms with Crippen LogP contribution in [0.2, 0.25) is 5.02 Å². The molecule has 1 amide bonds. The fraction of sp³-hybridized carbons (Fsp3) is 0.222. The molecule has 0 aliphatic rings. The molecule has 7 nitrogen and oxygen atoms in total. The van der Waals surface area contributed by atoms with Gasteiger partial charge in [-0.25, -0.2) is 4.98 Å². The molecule has 3 aromatic rings. The zero-order valence-corrected chi connectivity index (χ0v) is 15.9. The number of aliphatic carboxylic acids is 1. The normalized spacial score (nSPS) is 11.0. The van der Waals surface area contributed by atoms with Crippen LogP contribution in [0.3, 0.4) is 0 Å². The monoisotopic (exact) mass is 405 g/mol. The van der Waals surface area contributed by atoms with Crippen molar-refractivity contribution < 1.29 is 14.7 Å². The zero-order valence-electron chi connectivity index (χ0n) is 14.4. The average Bonchev–Trinajstić information content (AvgIpc) is 2.94. The van der Waals surface area contributed by atoms with Gasteiger partial charge >= 0.3 is 5.97 Å². The Labute approximate surface area is 163 Å². The molecule has 1 aromatic carbocycles. The first-order valence-corrected chi connectivity index (χ1v) is 9.30. The van der Waals surface area contributed by atoms with E-state index >= 15 is 0 Å². The third-order valence-electron chi connectivity index (χ3n) is 4.15. The van der Waals surface area contributed by atoms with Crippen molar-refractivity contribution in [3.63, 3.8) is 0 Å². The number of fused-ring (bicyclic) bond motifs is 1. The lowest BCUT2D eigenvalue weighted by Crippen LogP contribution is -2.24. The molecule has 2 aromatic heterocycles. The van der Waals surface area contributed by atoms with Crippen molar-refractivity contribution in [1.82, 2.24) is 9.55 Å². The van der Waals surface area contributed by atoms with Gasteiger partial charge < -0.3 is 10.8 Å². The molecular weight excluding hydrogens is 390 g/mol. The molecule has 0 spiro atoms. The summed E-state index contributed by atoms with van der Waals surface area (Å²) in [5.74, 6) is -1.15. The number of primary amides is 1. The van der Waals surface area contributed by atoms with E-state index in [4.69, 9.17) is 22.4 Å². The third kappa shape index (κ3) is 3.72. The predicted octanol–water partition coefficient (Wildman–Crippen LogP) is 3.05. The first kappa shape index (κ1) is 19.1. The van der Waals surface area contributed by atoms with E-state index in [1.54, 1.807) is 31.2 Å². The van der Waals surface area contributed by atoms with Gasteiger partial charge in [0.1, 0.15) is 10.7 Å². The summed E-state index contributed by atoms with van der Waals surface area (Å²) in [5, 5.41) is 9.77. The molecule has 27 heavy (non-hydrogen) atoms. The van der Waals surface area contributed by atoms with Crippen molar-refractivity contribution >= 4 is 45.0 Å². The van der Waals surface area contributed by atoms with E-state index in [9.17, 15) is 14.4 Å². The Morgan fingerprint density at radius 2 is 1.96 bits per heavy atom. The molecule has 2 heterocycles. The second kappa shape index (κ2) is 7.50. The van der Waals surface area contributed by atoms with Crippen molar-refractivity contribution in [3.05, 3.63) is 50.1 Å². The maximum absolute atomic E-state index is 13.1. The van der Waals surface area contributed by atoms with Gasteiger partial charge in [-0.1, -0.05) is 11.6 Å². The van der Waals surface area contributed by atoms with Crippen LogP contribution in [0, 0.1) is 6.92 Å². The summed E-state index contributed by atoms with van der Waals surface area (Å²) in [5.41, 5.74) is 6.24. The first-order chi connectivity index (χ1) is 12.8. The standard InChI is InChI=1S/C18H16ClN3O4S/c1-9-13-17(27-14(9)15(20)25)21-16(10-4-6-11(19)7-5-10)22(18(13)26)8-2-3-12(23)24/h4-7H,2-3,8H2,1H3,(H2,20,25)(H,23,24). The second-order valence-electron chi connectivity index (χ2n) is 6.00. The van der Waals surface area contributed by atoms with Gasteiger partial charge in [-0.15, -0.1) is 11.3 Å². The van der Waals surface area contributed by atoms with Crippen molar-refractivity contribution in [2.75, 3.05) is 0 Å². The minimum Gasteiger partial charge on any atom is -0.481 e. The van der Waals surface area contributed by atoms with Gasteiger partial charge in [-0.2, -0.15) is 0 Å². The minimum absolute atomic E-state index is 0.0698. The van der Waals surface area contributed by atoms with Crippen molar-refractivity contribution in [2.24, 2.45) is 5.73 Å². The summed E-state index contributed by atoms with van der Waals surface area (Å²) < 4.78 is 1.44. The summed E-state index contributed by atoms with van der Waals surface area (Å²) >= 11 is 7.02. The fourth-order valence-electron chi connectivity index (χ4n) is 2.87. The molecule has 0 aliphatic heterocycles. The summed E-state index contributed by atoms with van der Waals surface area (Å²) in [4.78, 5) is 40.9. The summed E-state index contributed by atoms with van der Waals surface area (Å²) in [6.07, 6.45) is 0.203. The van der Waals surface area contributed by atoms with Gasteiger partial charge in [-0.05, 0) is 43.2 Å². The molecule has 3 rings (SSSR count). The highest BCUT2D eigenvalue weighted by Gasteiger charge is 2.21. The number of hydrogen-bond donors (Lipinski definition) is 2. The number of aryl methyl sites for hydroxylation is 1. The number of nitrogens with two attached hydrogens (primary N) is 1. The Balaban J connectivity index is 2.24. The van der Waals surface area contributed by atoms with Crippen LogP contribution in [0.1, 0.15) is 28.1 Å². The molecule has 9 heteroatoms. The number of carboxylic acids is 1. The maximum atomic E-state index is 13.1. The smallest absolute Gasteiger partial charge is 0.303 e. The molecule has 0 unspecified atom stereocenters. The van der Waals surface area contributed by atoms with Crippen LogP contribution in [0.15, 0.2) is 29.1 Å². The molecule has 0 radical (unpaired) electrons. The van der Waals surface area contributed by atoms with Crippen LogP contribution >= 0.6 is 22.9 Å². The van der Waals surface area contributed by atoms with Gasteiger partial charge in [0.2, 0.25) is 0 Å². The van der Waals surface area contributed by atoms with Gasteiger partial charge in [0.15, 0.2) is 0 Å². The lowest BCUT2D eigenvalue weighted by Gasteiger charge is -2.12. The molecule has 3 N–H and O–H groups in total. The number of nitrogens with zero attached hydrogens (tertiary/aromatic N) is 2. The SMILES string of the molecule is Cc1c(C(N)=O)sc2nc(-c3ccc(Cl)cc3)n(CCCC(=O)O)c(=O)c12. The maximum Gasteiger partial charge on any atom is 0.303 e. The Hall–Kier alpha value is -2.71. The number of halogens is 1. The van der Waals surface area contributed by atoms with Gasteiger partial charge in [0.25, 0.3) is 11.5 Å². The third-order valence-corrected chi connectivity index (χ3v) is 5.60. The predicted molar refractivity (Wildman–Crippen MR) is 104 cm³/mol. The lowest BCUT2D eigenvalue weighted by atomic mass is 10.1. The fourth-order valence-corrected chi connectivity index (χ4v) is 4.02. The topological polar surface area (TPSA) is 115 Å². The number of aromatic nitrogens is 2. The van der Waals surface area contributed by atoms with Crippen LogP contribution in [0.5, 0.6) is 0 Å². The largest absolute Gasteiger partial charge is 0.481 e. The molecule has 0 bridgehead atoms. The Kier molecular flexibility index (Phi) is 5.29. The second-order valence-corrected chi connectivity index (χ2v) is 7.43. The van der Waals surface area contributed by atoms with Crippen LogP contribution in [0.4, 0.5) is 0 Å². The van der Waals surface area contributed by atoms with Crippen LogP contribution in [-0.2, 0) is 11.3 Å². The van der Waals surface area contributed by atoms with Crippen LogP contribution in [0.25, 0.3) is 21.6 Å². The van der Waals surface area contributed by atoms with Crippen LogP contribution < -0.4 is 11.3 Å². The van der Waals surface area contributed by atoms with Crippen LogP contribution in [-0.4, -0.2) is 26.5 Å². The average molecular weight is 406 g/mol. The lowest BCUT2D eigenvalue weighted by molar-refractivity contribution is -0.137. The minimum atomic E-state index is -0.937. The number of hydrogen-bond acceptors (Lipinski definition) is 5. The number of amides is 1. The number of rotatable bonds is 6. The van der Waals surface area contributed by atoms with Crippen molar-refractivity contribution in [2.45, 2.75) is 26.3 Å². The molecule has 0 saturated carbocycles. The summed E-state index contributed by atoms with van der Waals surface area (Å²) in [6.45, 7) is 1.85. The highest BCUT2D eigenvalue weighted by atomic mass is 35.5. The van der Waals surface area contributed by atoms with E-state index in [2.05, 4.69) is 4.98 Å². The van der Waals surface area contributed by atoms with Gasteiger partial charge in [0.05, 0.1) is 10.3 Å². The highest BCUT2D eigenvalue weighted by molar-refractivity contribution is 7.20. The molecule has 0 saturated heterocycles. The molecular formula is C18H16ClN3O4S. The van der Waals surface area contributed by atoms with Crippen molar-refractivity contribution in [3.8, 4) is 11.4 Å². The van der Waals surface area contributed by atoms with E-state index in [1.165, 1.54) is 4.57 Å². The van der Waals surface area contributed by atoms with E-state index in [0.29, 0.717) is 37.1 Å². The van der Waals surface area contributed by atoms with E-state index < -0.39 is 11.9 Å². The number of carboxylic acid groups (broad SMARTS) is 1. The zero-order chi connectivity index (χ0) is 19.7. The molecule has 0 aliphatic carbocycles. The summed E-state index contributed by atoms with van der Waals surface area (Å²) in [6, 6.07) is 6.84. The van der Waals surface area contributed by atoms with E-state index in [0.717, 1.165) is 11.3 Å². The Morgan fingerprint density at radius 1 is 1.30 bits per heavy atom. The number of thiophene rings is 1. The van der Waals surface area contributed by atoms with Gasteiger partial charge in [0, 0.05) is 23.6 Å². The van der Waals surface area contributed by atoms with Crippen molar-refractivity contribution in [1.29, 1.82) is 0 Å². The quantitative estimate of drug-likeness (QED) is 0.653. The molecule has 0 fully saturated rings. The van der Waals surface area contributed by atoms with E-state index in [-0.39, 0.29) is 24.9 Å². The number of carbonyl (C=O) groups is 2. The molecule has 0 atom stereocenters. The number of carbonyl (C=O) groups excluding carboxylic acids is 1. The summed E-state index contributed by atoms with van der Waals surface area (Å²) in [7, 11) is 0. The Bertz CT molecular complexity index is 1100. The highest BCUT2D eigenvalue weighted by Crippen LogP contribution is 2.29. The van der Waals surface area contributed by atoms with E-state index in [1.807, 2.05) is 0 Å². The molecule has 140 valence electrons. The number of benzene rings is 1. The Morgan fingerprint density at radius 3 is 2.56 bits per heavy atom. The first-order valence-electron chi connectivity index (χ1n) is 8.11. The van der Waals surface area contributed by atoms with Gasteiger partial charge in [-0.3, -0.25) is 19.0 Å².